The van der Waals surface area contributed by atoms with Gasteiger partial charge in [-0.1, -0.05) is 0 Å². The van der Waals surface area contributed by atoms with Crippen LogP contribution >= 0.6 is 0 Å². The minimum atomic E-state index is -3.01. The molecule has 0 aliphatic carbocycles. The Morgan fingerprint density at radius 2 is 0.481 bits per heavy atom. The van der Waals surface area contributed by atoms with Gasteiger partial charge in [-0.3, -0.25) is 0 Å². The standard InChI is InChI=1S/4C9H7O2.C6H4.2Bi/c4*1-2-11-9(10)8-6-4-3-5-7-8;1-2-4-6-5-3-1;;/h4*2,4-7H,1H2;1-2,5-6H;;. The van der Waals surface area contributed by atoms with Crippen molar-refractivity contribution in [1.82, 2.24) is 0 Å². The van der Waals surface area contributed by atoms with E-state index in [1.54, 1.807) is 48.5 Å². The number of rotatable bonds is 14. The van der Waals surface area contributed by atoms with Gasteiger partial charge in [0.2, 0.25) is 0 Å². The van der Waals surface area contributed by atoms with Gasteiger partial charge in [-0.2, -0.15) is 0 Å². The molecule has 0 atom stereocenters. The van der Waals surface area contributed by atoms with Crippen LogP contribution in [0.15, 0.2) is 173 Å². The van der Waals surface area contributed by atoms with E-state index in [2.05, 4.69) is 50.6 Å². The Labute approximate surface area is 317 Å². The molecule has 0 aliphatic heterocycles. The molecule has 0 saturated heterocycles. The number of carbonyl (C=O) groups is 4. The van der Waals surface area contributed by atoms with Gasteiger partial charge in [-0.25, -0.2) is 0 Å². The Bertz CT molecular complexity index is 1820. The van der Waals surface area contributed by atoms with Crippen molar-refractivity contribution in [2.24, 2.45) is 0 Å². The topological polar surface area (TPSA) is 105 Å². The Balaban J connectivity index is 1.57. The van der Waals surface area contributed by atoms with E-state index in [9.17, 15) is 19.2 Å². The number of esters is 4. The van der Waals surface area contributed by atoms with E-state index in [0.717, 1.165) is 38.1 Å². The van der Waals surface area contributed by atoms with Gasteiger partial charge >= 0.3 is 320 Å². The monoisotopic (exact) mass is 1080 g/mol. The molecule has 10 heteroatoms. The molecule has 52 heavy (non-hydrogen) atoms. The van der Waals surface area contributed by atoms with E-state index >= 15 is 0 Å². The summed E-state index contributed by atoms with van der Waals surface area (Å²) in [6, 6.07) is 38.4. The maximum atomic E-state index is 12.3. The van der Waals surface area contributed by atoms with Crippen molar-refractivity contribution in [3.8, 4) is 0 Å². The predicted octanol–water partition coefficient (Wildman–Crippen LogP) is 3.92. The second-order valence-corrected chi connectivity index (χ2v) is 27.9. The van der Waals surface area contributed by atoms with Crippen LogP contribution < -0.4 is 19.6 Å². The van der Waals surface area contributed by atoms with Gasteiger partial charge in [0.1, 0.15) is 0 Å². The molecule has 0 spiro atoms. The Kier molecular flexibility index (Phi) is 13.3. The summed E-state index contributed by atoms with van der Waals surface area (Å²) in [6.45, 7) is 13.9. The van der Waals surface area contributed by atoms with Crippen LogP contribution in [0.4, 0.5) is 0 Å². The molecule has 5 rings (SSSR count). The molecule has 0 N–H and O–H groups in total. The van der Waals surface area contributed by atoms with Crippen LogP contribution in [-0.4, -0.2) is 67.4 Å². The summed E-state index contributed by atoms with van der Waals surface area (Å²) in [5.41, 5.74) is 1.65. The van der Waals surface area contributed by atoms with Crippen molar-refractivity contribution in [1.29, 1.82) is 0 Å². The fourth-order valence-electron chi connectivity index (χ4n) is 5.21. The van der Waals surface area contributed by atoms with E-state index in [0.29, 0.717) is 22.3 Å². The van der Waals surface area contributed by atoms with Crippen LogP contribution in [0.3, 0.4) is 0 Å². The van der Waals surface area contributed by atoms with E-state index in [-0.39, 0.29) is 0 Å². The van der Waals surface area contributed by atoms with Gasteiger partial charge in [0.25, 0.3) is 0 Å². The van der Waals surface area contributed by atoms with Crippen LogP contribution in [0.5, 0.6) is 0 Å². The molecule has 0 unspecified atom stereocenters. The fraction of sp³-hybridized carbons (Fsp3) is 0. The first-order valence-corrected chi connectivity index (χ1v) is 26.1. The number of ether oxygens (including phenoxy) is 4. The predicted molar refractivity (Wildman–Crippen MR) is 204 cm³/mol. The molecular weight excluding hydrogens is 1050 g/mol. The van der Waals surface area contributed by atoms with Gasteiger partial charge in [0.05, 0.1) is 0 Å². The van der Waals surface area contributed by atoms with Crippen LogP contribution in [0, 0.1) is 0 Å². The fourth-order valence-corrected chi connectivity index (χ4v) is 22.6. The van der Waals surface area contributed by atoms with Crippen molar-refractivity contribution in [3.05, 3.63) is 195 Å². The first-order valence-electron chi connectivity index (χ1n) is 15.7. The molecule has 0 radical (unpaired) electrons. The molecular formula is C42H32Bi2O8. The molecule has 5 aromatic carbocycles. The van der Waals surface area contributed by atoms with Gasteiger partial charge in [-0.05, 0) is 0 Å². The van der Waals surface area contributed by atoms with Crippen LogP contribution in [0.2, 0.25) is 0 Å². The third-order valence-corrected chi connectivity index (χ3v) is 26.6. The molecule has 0 aromatic heterocycles. The first-order chi connectivity index (χ1) is 25.3. The SMILES string of the molecule is C=COC(=O)c1cc[c]([Bi]([c]2ccc(C(=O)OC=C)cc2)[c]2cc[c]([Bi]([c]3ccc(C(=O)OC=C)cc3)[c]3ccc(C(=O)OC=C)cc3)cc2)cc1. The van der Waals surface area contributed by atoms with Crippen LogP contribution in [0.1, 0.15) is 41.4 Å². The average Bonchev–Trinajstić information content (AvgIpc) is 3.17. The molecule has 0 heterocycles. The zero-order chi connectivity index (χ0) is 37.0. The third kappa shape index (κ3) is 9.13. The minimum absolute atomic E-state index is 0.412. The first kappa shape index (κ1) is 37.9. The van der Waals surface area contributed by atoms with Gasteiger partial charge < -0.3 is 0 Å². The second-order valence-electron chi connectivity index (χ2n) is 10.7. The normalized spacial score (nSPS) is 10.5. The van der Waals surface area contributed by atoms with Crippen LogP contribution in [0.25, 0.3) is 0 Å². The molecule has 258 valence electrons. The molecule has 0 bridgehead atoms. The molecule has 0 fully saturated rings. The summed E-state index contributed by atoms with van der Waals surface area (Å²) in [6.07, 6.45) is 4.42. The summed E-state index contributed by atoms with van der Waals surface area (Å²) in [4.78, 5) is 49.4. The Morgan fingerprint density at radius 3 is 0.635 bits per heavy atom. The summed E-state index contributed by atoms with van der Waals surface area (Å²) in [5, 5.41) is 0. The number of benzene rings is 5. The van der Waals surface area contributed by atoms with Crippen molar-refractivity contribution < 1.29 is 38.1 Å². The molecule has 0 saturated carbocycles. The van der Waals surface area contributed by atoms with E-state index in [4.69, 9.17) is 18.9 Å². The second kappa shape index (κ2) is 18.3. The summed E-state index contributed by atoms with van der Waals surface area (Å²) >= 11 is -6.02. The zero-order valence-electron chi connectivity index (χ0n) is 27.8. The van der Waals surface area contributed by atoms with E-state index < -0.39 is 67.4 Å². The van der Waals surface area contributed by atoms with Crippen LogP contribution in [-0.2, 0) is 18.9 Å². The molecule has 0 aliphatic rings. The van der Waals surface area contributed by atoms with E-state index in [1.807, 2.05) is 48.5 Å². The third-order valence-electron chi connectivity index (χ3n) is 7.57. The number of hydrogen-bond donors (Lipinski definition) is 0. The number of carbonyl (C=O) groups excluding carboxylic acids is 4. The summed E-state index contributed by atoms with van der Waals surface area (Å²) in [5.74, 6) is -1.96. The molecule has 5 aromatic rings. The quantitative estimate of drug-likeness (QED) is 0.0715. The molecule has 0 amide bonds. The zero-order valence-corrected chi connectivity index (χ0v) is 34.8. The number of hydrogen-bond acceptors (Lipinski definition) is 8. The van der Waals surface area contributed by atoms with Crippen molar-refractivity contribution in [2.75, 3.05) is 0 Å². The maximum absolute atomic E-state index is 12.3. The van der Waals surface area contributed by atoms with E-state index in [1.165, 1.54) is 6.54 Å². The van der Waals surface area contributed by atoms with Gasteiger partial charge in [0, 0.05) is 0 Å². The van der Waals surface area contributed by atoms with Gasteiger partial charge in [-0.15, -0.1) is 0 Å². The Morgan fingerprint density at radius 1 is 0.327 bits per heavy atom. The molecule has 8 nitrogen and oxygen atoms in total. The van der Waals surface area contributed by atoms with Crippen molar-refractivity contribution in [3.63, 3.8) is 0 Å². The summed E-state index contributed by atoms with van der Waals surface area (Å²) < 4.78 is 26.7. The average molecular weight is 1080 g/mol. The Hall–Kier alpha value is -5.29. The summed E-state index contributed by atoms with van der Waals surface area (Å²) in [7, 11) is 0. The van der Waals surface area contributed by atoms with Crippen molar-refractivity contribution in [2.45, 2.75) is 0 Å². The van der Waals surface area contributed by atoms with Gasteiger partial charge in [0.15, 0.2) is 0 Å². The van der Waals surface area contributed by atoms with Crippen molar-refractivity contribution >= 4 is 87.0 Å².